The van der Waals surface area contributed by atoms with Crippen molar-refractivity contribution in [2.45, 2.75) is 64.3 Å². The van der Waals surface area contributed by atoms with Gasteiger partial charge in [-0.05, 0) is 49.4 Å². The second kappa shape index (κ2) is 6.89. The smallest absolute Gasteiger partial charge is 0.314 e. The van der Waals surface area contributed by atoms with Gasteiger partial charge < -0.3 is 25.2 Å². The standard InChI is InChI=1S/C20H32O6/c1-11-4-5-15-19(2,7-6-16(24)20(15,3)10-21)12(11)8-13(22)17-14(23)9-26-18(17)25/h12-17,21-24H,1,4-10H2,2-3H3/t12-,13-,14-,15+,16-,17+,19-,20-/m1/s1. The predicted octanol–water partition coefficient (Wildman–Crippen LogP) is 1.01. The van der Waals surface area contributed by atoms with Gasteiger partial charge in [0.15, 0.2) is 0 Å². The molecule has 3 rings (SSSR count). The molecule has 1 aliphatic heterocycles. The van der Waals surface area contributed by atoms with E-state index in [0.29, 0.717) is 12.8 Å². The van der Waals surface area contributed by atoms with Gasteiger partial charge in [0.1, 0.15) is 18.6 Å². The molecule has 0 spiro atoms. The Morgan fingerprint density at radius 3 is 2.58 bits per heavy atom. The van der Waals surface area contributed by atoms with Crippen LogP contribution in [0, 0.1) is 28.6 Å². The van der Waals surface area contributed by atoms with Crippen LogP contribution in [0.1, 0.15) is 46.0 Å². The lowest BCUT2D eigenvalue weighted by Gasteiger charge is -2.60. The summed E-state index contributed by atoms with van der Waals surface area (Å²) in [5.74, 6) is -1.39. The molecule has 6 heteroatoms. The van der Waals surface area contributed by atoms with E-state index >= 15 is 0 Å². The molecule has 0 aromatic carbocycles. The highest BCUT2D eigenvalue weighted by Gasteiger charge is 2.58. The van der Waals surface area contributed by atoms with Crippen molar-refractivity contribution in [3.63, 3.8) is 0 Å². The number of rotatable bonds is 4. The molecule has 0 bridgehead atoms. The van der Waals surface area contributed by atoms with Gasteiger partial charge in [-0.25, -0.2) is 0 Å². The lowest BCUT2D eigenvalue weighted by molar-refractivity contribution is -0.158. The van der Waals surface area contributed by atoms with Crippen molar-refractivity contribution in [2.75, 3.05) is 13.2 Å². The molecule has 4 N–H and O–H groups in total. The average molecular weight is 368 g/mol. The van der Waals surface area contributed by atoms with Crippen LogP contribution in [0.15, 0.2) is 12.2 Å². The number of cyclic esters (lactones) is 1. The Kier molecular flexibility index (Phi) is 5.25. The van der Waals surface area contributed by atoms with E-state index in [9.17, 15) is 25.2 Å². The number of esters is 1. The Hall–Kier alpha value is -0.950. The first-order valence-electron chi connectivity index (χ1n) is 9.64. The number of ether oxygens (including phenoxy) is 1. The zero-order chi connectivity index (χ0) is 19.3. The van der Waals surface area contributed by atoms with Gasteiger partial charge >= 0.3 is 5.97 Å². The molecule has 0 amide bonds. The first-order valence-corrected chi connectivity index (χ1v) is 9.64. The summed E-state index contributed by atoms with van der Waals surface area (Å²) in [6, 6.07) is 0. The van der Waals surface area contributed by atoms with Crippen LogP contribution in [0.5, 0.6) is 0 Å². The molecule has 0 aromatic heterocycles. The summed E-state index contributed by atoms with van der Waals surface area (Å²) >= 11 is 0. The molecule has 1 heterocycles. The second-order valence-corrected chi connectivity index (χ2v) is 9.05. The Morgan fingerprint density at radius 1 is 1.31 bits per heavy atom. The summed E-state index contributed by atoms with van der Waals surface area (Å²) in [6.45, 7) is 8.18. The van der Waals surface area contributed by atoms with E-state index < -0.39 is 35.6 Å². The average Bonchev–Trinajstić information content (AvgIpc) is 2.93. The van der Waals surface area contributed by atoms with E-state index in [1.165, 1.54) is 0 Å². The molecule has 2 saturated carbocycles. The van der Waals surface area contributed by atoms with Gasteiger partial charge in [-0.3, -0.25) is 4.79 Å². The van der Waals surface area contributed by atoms with Crippen molar-refractivity contribution >= 4 is 5.97 Å². The molecule has 3 fully saturated rings. The zero-order valence-corrected chi connectivity index (χ0v) is 15.7. The lowest BCUT2D eigenvalue weighted by atomic mass is 9.46. The Bertz CT molecular complexity index is 577. The summed E-state index contributed by atoms with van der Waals surface area (Å²) < 4.78 is 4.87. The number of carbonyl (C=O) groups is 1. The summed E-state index contributed by atoms with van der Waals surface area (Å²) in [5.41, 5.74) is 0.240. The minimum atomic E-state index is -0.996. The molecule has 8 atom stereocenters. The van der Waals surface area contributed by atoms with Crippen molar-refractivity contribution in [2.24, 2.45) is 28.6 Å². The second-order valence-electron chi connectivity index (χ2n) is 9.05. The molecule has 0 unspecified atom stereocenters. The van der Waals surface area contributed by atoms with Crippen LogP contribution in [0.25, 0.3) is 0 Å². The van der Waals surface area contributed by atoms with Crippen molar-refractivity contribution in [1.82, 2.24) is 0 Å². The van der Waals surface area contributed by atoms with Crippen LogP contribution in [0.3, 0.4) is 0 Å². The molecular weight excluding hydrogens is 336 g/mol. The van der Waals surface area contributed by atoms with Gasteiger partial charge in [-0.15, -0.1) is 0 Å². The minimum Gasteiger partial charge on any atom is -0.463 e. The number of fused-ring (bicyclic) bond motifs is 1. The number of carbonyl (C=O) groups excluding carboxylic acids is 1. The van der Waals surface area contributed by atoms with Crippen molar-refractivity contribution in [3.8, 4) is 0 Å². The van der Waals surface area contributed by atoms with E-state index in [0.717, 1.165) is 24.8 Å². The van der Waals surface area contributed by atoms with Crippen LogP contribution in [0.2, 0.25) is 0 Å². The minimum absolute atomic E-state index is 0.0322. The summed E-state index contributed by atoms with van der Waals surface area (Å²) in [5, 5.41) is 41.2. The van der Waals surface area contributed by atoms with Crippen molar-refractivity contribution in [3.05, 3.63) is 12.2 Å². The summed E-state index contributed by atoms with van der Waals surface area (Å²) in [4.78, 5) is 11.9. The predicted molar refractivity (Wildman–Crippen MR) is 95.0 cm³/mol. The van der Waals surface area contributed by atoms with E-state index in [-0.39, 0.29) is 30.5 Å². The van der Waals surface area contributed by atoms with Gasteiger partial charge in [0.05, 0.1) is 18.8 Å². The number of allylic oxidation sites excluding steroid dienone is 1. The van der Waals surface area contributed by atoms with E-state index in [1.54, 1.807) is 0 Å². The fraction of sp³-hybridized carbons (Fsp3) is 0.850. The first kappa shape index (κ1) is 19.8. The van der Waals surface area contributed by atoms with Crippen LogP contribution >= 0.6 is 0 Å². The topological polar surface area (TPSA) is 107 Å². The van der Waals surface area contributed by atoms with Crippen LogP contribution in [-0.4, -0.2) is 57.9 Å². The zero-order valence-electron chi connectivity index (χ0n) is 15.7. The van der Waals surface area contributed by atoms with E-state index in [2.05, 4.69) is 13.5 Å². The van der Waals surface area contributed by atoms with Crippen LogP contribution in [0.4, 0.5) is 0 Å². The SMILES string of the molecule is C=C1CC[C@H]2[C@](C)(CC[C@@H](O)[C@]2(C)CO)[C@@H]1C[C@@H](O)[C@@H]1C(=O)OC[C@H]1O. The van der Waals surface area contributed by atoms with Crippen molar-refractivity contribution in [1.29, 1.82) is 0 Å². The molecule has 6 nitrogen and oxygen atoms in total. The lowest BCUT2D eigenvalue weighted by Crippen LogP contribution is -2.58. The molecule has 26 heavy (non-hydrogen) atoms. The monoisotopic (exact) mass is 368 g/mol. The quantitative estimate of drug-likeness (QED) is 0.436. The Morgan fingerprint density at radius 2 is 2.00 bits per heavy atom. The number of aliphatic hydroxyl groups is 4. The number of aliphatic hydroxyl groups excluding tert-OH is 4. The third-order valence-electron chi connectivity index (χ3n) is 7.67. The normalized spacial score (nSPS) is 47.4. The third-order valence-corrected chi connectivity index (χ3v) is 7.67. The number of hydrogen-bond acceptors (Lipinski definition) is 6. The van der Waals surface area contributed by atoms with Gasteiger partial charge in [0.2, 0.25) is 0 Å². The maximum atomic E-state index is 11.9. The molecule has 2 aliphatic carbocycles. The van der Waals surface area contributed by atoms with Crippen LogP contribution < -0.4 is 0 Å². The maximum absolute atomic E-state index is 11.9. The largest absolute Gasteiger partial charge is 0.463 e. The third kappa shape index (κ3) is 2.91. The Labute approximate surface area is 154 Å². The fourth-order valence-corrected chi connectivity index (χ4v) is 5.96. The highest BCUT2D eigenvalue weighted by atomic mass is 16.6. The van der Waals surface area contributed by atoms with Gasteiger partial charge in [0, 0.05) is 5.41 Å². The fourth-order valence-electron chi connectivity index (χ4n) is 5.96. The van der Waals surface area contributed by atoms with E-state index in [4.69, 9.17) is 4.74 Å². The van der Waals surface area contributed by atoms with Crippen molar-refractivity contribution < 1.29 is 30.0 Å². The highest BCUT2D eigenvalue weighted by Crippen LogP contribution is 2.61. The summed E-state index contributed by atoms with van der Waals surface area (Å²) in [6.07, 6.45) is 0.815. The maximum Gasteiger partial charge on any atom is 0.314 e. The molecule has 1 saturated heterocycles. The molecule has 148 valence electrons. The molecule has 3 aliphatic rings. The first-order chi connectivity index (χ1) is 12.1. The molecule has 0 radical (unpaired) electrons. The molecular formula is C20H32O6. The van der Waals surface area contributed by atoms with E-state index in [1.807, 2.05) is 6.92 Å². The molecule has 0 aromatic rings. The number of hydrogen-bond donors (Lipinski definition) is 4. The Balaban J connectivity index is 1.86. The highest BCUT2D eigenvalue weighted by molar-refractivity contribution is 5.75. The summed E-state index contributed by atoms with van der Waals surface area (Å²) in [7, 11) is 0. The van der Waals surface area contributed by atoms with Gasteiger partial charge in [-0.2, -0.15) is 0 Å². The van der Waals surface area contributed by atoms with Gasteiger partial charge in [-0.1, -0.05) is 26.0 Å². The van der Waals surface area contributed by atoms with Crippen LogP contribution in [-0.2, 0) is 9.53 Å². The van der Waals surface area contributed by atoms with Gasteiger partial charge in [0.25, 0.3) is 0 Å².